The molecule has 2 heterocycles. The predicted molar refractivity (Wildman–Crippen MR) is 237 cm³/mol. The van der Waals surface area contributed by atoms with E-state index in [0.717, 1.165) is 22.7 Å². The Morgan fingerprint density at radius 1 is 0.327 bits per heavy atom. The molecule has 9 aromatic carbocycles. The summed E-state index contributed by atoms with van der Waals surface area (Å²) in [5, 5.41) is 7.69. The maximum Gasteiger partial charge on any atom is 0.0541 e. The van der Waals surface area contributed by atoms with Gasteiger partial charge >= 0.3 is 0 Å². The number of anilines is 3. The van der Waals surface area contributed by atoms with Crippen molar-refractivity contribution < 1.29 is 0 Å². The van der Waals surface area contributed by atoms with E-state index in [0.29, 0.717) is 0 Å². The molecule has 0 N–H and O–H groups in total. The maximum absolute atomic E-state index is 2.37. The molecule has 0 bridgehead atoms. The van der Waals surface area contributed by atoms with Crippen LogP contribution in [0.25, 0.3) is 80.7 Å². The number of aromatic nitrogens is 1. The summed E-state index contributed by atoms with van der Waals surface area (Å²) < 4.78 is 5.02. The Labute approximate surface area is 323 Å². The van der Waals surface area contributed by atoms with Crippen molar-refractivity contribution in [1.29, 1.82) is 0 Å². The molecule has 258 valence electrons. The summed E-state index contributed by atoms with van der Waals surface area (Å²) in [6, 6.07) is 75.2. The first-order valence-electron chi connectivity index (χ1n) is 18.7. The van der Waals surface area contributed by atoms with Crippen LogP contribution in [0.1, 0.15) is 0 Å². The number of hydrogen-bond donors (Lipinski definition) is 0. The number of hydrogen-bond acceptors (Lipinski definition) is 2. The molecule has 0 atom stereocenters. The zero-order chi connectivity index (χ0) is 36.3. The lowest BCUT2D eigenvalue weighted by molar-refractivity contribution is 1.17. The van der Waals surface area contributed by atoms with Crippen LogP contribution in [0.15, 0.2) is 206 Å². The van der Waals surface area contributed by atoms with Crippen molar-refractivity contribution in [2.24, 2.45) is 0 Å². The summed E-state index contributed by atoms with van der Waals surface area (Å²) in [5.74, 6) is 0. The summed E-state index contributed by atoms with van der Waals surface area (Å²) in [4.78, 5) is 2.36. The van der Waals surface area contributed by atoms with Gasteiger partial charge in [0.05, 0.1) is 11.0 Å². The van der Waals surface area contributed by atoms with Crippen molar-refractivity contribution in [3.8, 4) is 27.9 Å². The molecular weight excluding hydrogens is 685 g/mol. The Morgan fingerprint density at radius 2 is 0.800 bits per heavy atom. The molecule has 0 amide bonds. The number of benzene rings is 9. The minimum atomic E-state index is 1.10. The van der Waals surface area contributed by atoms with E-state index in [4.69, 9.17) is 0 Å². The number of para-hydroxylation sites is 2. The molecule has 0 saturated heterocycles. The van der Waals surface area contributed by atoms with Gasteiger partial charge in [-0.05, 0) is 112 Å². The smallest absolute Gasteiger partial charge is 0.0541 e. The maximum atomic E-state index is 2.37. The van der Waals surface area contributed by atoms with Crippen LogP contribution in [0, 0.1) is 0 Å². The van der Waals surface area contributed by atoms with E-state index in [9.17, 15) is 0 Å². The fourth-order valence-corrected chi connectivity index (χ4v) is 9.42. The van der Waals surface area contributed by atoms with E-state index >= 15 is 0 Å². The van der Waals surface area contributed by atoms with Gasteiger partial charge in [0.2, 0.25) is 0 Å². The highest BCUT2D eigenvalue weighted by atomic mass is 32.1. The van der Waals surface area contributed by atoms with Crippen molar-refractivity contribution in [3.05, 3.63) is 206 Å². The zero-order valence-corrected chi connectivity index (χ0v) is 30.7. The monoisotopic (exact) mass is 718 g/mol. The number of thiophene rings is 1. The summed E-state index contributed by atoms with van der Waals surface area (Å²) in [6.07, 6.45) is 0. The normalized spacial score (nSPS) is 11.6. The fraction of sp³-hybridized carbons (Fsp3) is 0. The van der Waals surface area contributed by atoms with Crippen LogP contribution in [-0.4, -0.2) is 4.57 Å². The zero-order valence-electron chi connectivity index (χ0n) is 29.9. The number of nitrogens with zero attached hydrogens (tertiary/aromatic N) is 2. The van der Waals surface area contributed by atoms with Gasteiger partial charge < -0.3 is 9.47 Å². The van der Waals surface area contributed by atoms with E-state index in [2.05, 4.69) is 216 Å². The second-order valence-electron chi connectivity index (χ2n) is 14.2. The van der Waals surface area contributed by atoms with Crippen LogP contribution in [0.3, 0.4) is 0 Å². The van der Waals surface area contributed by atoms with Crippen molar-refractivity contribution in [2.45, 2.75) is 0 Å². The molecule has 0 fully saturated rings. The largest absolute Gasteiger partial charge is 0.311 e. The molecule has 0 radical (unpaired) electrons. The van der Waals surface area contributed by atoms with Crippen LogP contribution in [-0.2, 0) is 0 Å². The lowest BCUT2D eigenvalue weighted by Gasteiger charge is -2.26. The number of rotatable bonds is 6. The second kappa shape index (κ2) is 12.9. The van der Waals surface area contributed by atoms with Gasteiger partial charge in [0.1, 0.15) is 0 Å². The molecule has 3 heteroatoms. The quantitative estimate of drug-likeness (QED) is 0.166. The SMILES string of the molecule is c1ccc2cc(-c3ccc(N(c4ccc(-c5ccc6c(c5)sc5ccccc56)cc4)c4ccc(-n5c6ccccc6c6ccccc65)cc4)cc3)ccc2c1. The van der Waals surface area contributed by atoms with Crippen molar-refractivity contribution in [3.63, 3.8) is 0 Å². The third kappa shape index (κ3) is 5.40. The molecule has 2 aromatic heterocycles. The summed E-state index contributed by atoms with van der Waals surface area (Å²) in [7, 11) is 0. The van der Waals surface area contributed by atoms with Gasteiger partial charge in [-0.15, -0.1) is 11.3 Å². The second-order valence-corrected chi connectivity index (χ2v) is 15.3. The summed E-state index contributed by atoms with van der Waals surface area (Å²) in [5.41, 5.74) is 11.7. The molecule has 2 nitrogen and oxygen atoms in total. The first-order valence-corrected chi connectivity index (χ1v) is 19.6. The van der Waals surface area contributed by atoms with Crippen molar-refractivity contribution >= 4 is 81.1 Å². The first kappa shape index (κ1) is 31.6. The molecule has 55 heavy (non-hydrogen) atoms. The molecule has 0 aliphatic carbocycles. The van der Waals surface area contributed by atoms with E-state index in [1.165, 1.54) is 75.0 Å². The van der Waals surface area contributed by atoms with Gasteiger partial charge in [-0.25, -0.2) is 0 Å². The molecule has 0 aliphatic rings. The Bertz CT molecular complexity index is 3130. The van der Waals surface area contributed by atoms with Gasteiger partial charge in [-0.2, -0.15) is 0 Å². The highest BCUT2D eigenvalue weighted by Crippen LogP contribution is 2.40. The Balaban J connectivity index is 0.991. The van der Waals surface area contributed by atoms with Gasteiger partial charge in [-0.1, -0.05) is 127 Å². The van der Waals surface area contributed by atoms with Gasteiger partial charge in [0, 0.05) is 53.7 Å². The van der Waals surface area contributed by atoms with Crippen molar-refractivity contribution in [1.82, 2.24) is 4.57 Å². The van der Waals surface area contributed by atoms with Crippen LogP contribution >= 0.6 is 11.3 Å². The molecule has 0 spiro atoms. The van der Waals surface area contributed by atoms with Crippen molar-refractivity contribution in [2.75, 3.05) is 4.90 Å². The minimum absolute atomic E-state index is 1.10. The molecule has 11 rings (SSSR count). The molecule has 0 aliphatic heterocycles. The molecular formula is C52H34N2S. The van der Waals surface area contributed by atoms with Gasteiger partial charge in [-0.3, -0.25) is 0 Å². The Kier molecular flexibility index (Phi) is 7.39. The van der Waals surface area contributed by atoms with E-state index in [1.807, 2.05) is 11.3 Å². The lowest BCUT2D eigenvalue weighted by atomic mass is 10.0. The highest BCUT2D eigenvalue weighted by Gasteiger charge is 2.16. The highest BCUT2D eigenvalue weighted by molar-refractivity contribution is 7.25. The van der Waals surface area contributed by atoms with Crippen LogP contribution in [0.2, 0.25) is 0 Å². The van der Waals surface area contributed by atoms with Gasteiger partial charge in [0.25, 0.3) is 0 Å². The van der Waals surface area contributed by atoms with Crippen LogP contribution in [0.5, 0.6) is 0 Å². The average Bonchev–Trinajstić information content (AvgIpc) is 3.80. The number of fused-ring (bicyclic) bond motifs is 7. The fourth-order valence-electron chi connectivity index (χ4n) is 8.28. The standard InChI is InChI=1S/C52H34N2S/c1-2-10-38-33-39(18-17-35(38)9-1)36-19-24-41(25-20-36)53(42-26-21-37(22-27-42)40-23-32-48-47-13-5-8-16-51(47)55-52(48)34-40)43-28-30-44(31-29-43)54-49-14-6-3-11-45(49)46-12-4-7-15-50(46)54/h1-34H. The summed E-state index contributed by atoms with van der Waals surface area (Å²) >= 11 is 1.86. The molecule has 11 aromatic rings. The molecule has 0 unspecified atom stereocenters. The van der Waals surface area contributed by atoms with Crippen LogP contribution < -0.4 is 4.90 Å². The van der Waals surface area contributed by atoms with Crippen LogP contribution in [0.4, 0.5) is 17.1 Å². The predicted octanol–water partition coefficient (Wildman–Crippen LogP) is 15.1. The van der Waals surface area contributed by atoms with E-state index in [-0.39, 0.29) is 0 Å². The molecule has 0 saturated carbocycles. The Hall–Kier alpha value is -6.94. The average molecular weight is 719 g/mol. The van der Waals surface area contributed by atoms with Gasteiger partial charge in [0.15, 0.2) is 0 Å². The topological polar surface area (TPSA) is 8.17 Å². The Morgan fingerprint density at radius 3 is 1.45 bits per heavy atom. The first-order chi connectivity index (χ1) is 27.2. The summed E-state index contributed by atoms with van der Waals surface area (Å²) in [6.45, 7) is 0. The van der Waals surface area contributed by atoms with E-state index in [1.54, 1.807) is 0 Å². The third-order valence-electron chi connectivity index (χ3n) is 11.0. The van der Waals surface area contributed by atoms with E-state index < -0.39 is 0 Å². The third-order valence-corrected chi connectivity index (χ3v) is 12.1. The lowest BCUT2D eigenvalue weighted by Crippen LogP contribution is -2.10. The minimum Gasteiger partial charge on any atom is -0.311 e.